The van der Waals surface area contributed by atoms with E-state index in [4.69, 9.17) is 0 Å². The van der Waals surface area contributed by atoms with E-state index in [0.29, 0.717) is 6.54 Å². The monoisotopic (exact) mass is 278 g/mol. The van der Waals surface area contributed by atoms with Crippen molar-refractivity contribution in [2.45, 2.75) is 13.0 Å². The number of alkyl halides is 2. The molecule has 0 aromatic heterocycles. The van der Waals surface area contributed by atoms with E-state index < -0.39 is 11.3 Å². The summed E-state index contributed by atoms with van der Waals surface area (Å²) in [6.45, 7) is 0.460. The lowest BCUT2D eigenvalue weighted by atomic mass is 10.1. The van der Waals surface area contributed by atoms with Gasteiger partial charge in [0.05, 0.1) is 4.92 Å². The number of benzene rings is 2. The molecule has 0 saturated heterocycles. The van der Waals surface area contributed by atoms with Gasteiger partial charge in [0.25, 0.3) is 12.1 Å². The zero-order chi connectivity index (χ0) is 14.5. The molecule has 0 radical (unpaired) electrons. The molecule has 0 heterocycles. The smallest absolute Gasteiger partial charge is 0.269 e. The van der Waals surface area contributed by atoms with Crippen molar-refractivity contribution in [3.63, 3.8) is 0 Å². The summed E-state index contributed by atoms with van der Waals surface area (Å²) in [5, 5.41) is 13.6. The largest absolute Gasteiger partial charge is 0.381 e. The van der Waals surface area contributed by atoms with Crippen molar-refractivity contribution < 1.29 is 13.7 Å². The van der Waals surface area contributed by atoms with Crippen LogP contribution in [0.25, 0.3) is 0 Å². The summed E-state index contributed by atoms with van der Waals surface area (Å²) in [6.07, 6.45) is -2.47. The molecular formula is C14H12F2N2O2. The Morgan fingerprint density at radius 3 is 2.15 bits per heavy atom. The Balaban J connectivity index is 1.96. The molecule has 0 spiro atoms. The van der Waals surface area contributed by atoms with E-state index in [9.17, 15) is 18.9 Å². The van der Waals surface area contributed by atoms with Gasteiger partial charge in [-0.3, -0.25) is 10.1 Å². The first kappa shape index (κ1) is 13.9. The van der Waals surface area contributed by atoms with E-state index in [1.54, 1.807) is 24.3 Å². The van der Waals surface area contributed by atoms with Crippen molar-refractivity contribution >= 4 is 11.4 Å². The number of anilines is 1. The fourth-order valence-electron chi connectivity index (χ4n) is 1.69. The number of hydrogen-bond donors (Lipinski definition) is 1. The van der Waals surface area contributed by atoms with Crippen LogP contribution >= 0.6 is 0 Å². The van der Waals surface area contributed by atoms with Gasteiger partial charge in [0.1, 0.15) is 0 Å². The lowest BCUT2D eigenvalue weighted by Crippen LogP contribution is -1.99. The highest BCUT2D eigenvalue weighted by Crippen LogP contribution is 2.20. The lowest BCUT2D eigenvalue weighted by molar-refractivity contribution is -0.384. The quantitative estimate of drug-likeness (QED) is 0.660. The van der Waals surface area contributed by atoms with Gasteiger partial charge in [0, 0.05) is 29.9 Å². The van der Waals surface area contributed by atoms with Crippen LogP contribution in [0.2, 0.25) is 0 Å². The van der Waals surface area contributed by atoms with Crippen LogP contribution in [0.3, 0.4) is 0 Å². The van der Waals surface area contributed by atoms with Gasteiger partial charge >= 0.3 is 0 Å². The van der Waals surface area contributed by atoms with Gasteiger partial charge in [0.2, 0.25) is 0 Å². The lowest BCUT2D eigenvalue weighted by Gasteiger charge is -2.07. The average Bonchev–Trinajstić information content (AvgIpc) is 2.46. The molecule has 0 atom stereocenters. The number of nitro groups is 1. The number of nitro benzene ring substituents is 1. The van der Waals surface area contributed by atoms with E-state index in [-0.39, 0.29) is 11.3 Å². The van der Waals surface area contributed by atoms with Crippen molar-refractivity contribution in [2.24, 2.45) is 0 Å². The third kappa shape index (κ3) is 3.50. The third-order valence-electron chi connectivity index (χ3n) is 2.81. The second-order valence-corrected chi connectivity index (χ2v) is 4.20. The Morgan fingerprint density at radius 2 is 1.65 bits per heavy atom. The first-order valence-corrected chi connectivity index (χ1v) is 5.91. The molecular weight excluding hydrogens is 266 g/mol. The predicted molar refractivity (Wildman–Crippen MR) is 71.8 cm³/mol. The number of nitrogens with one attached hydrogen (secondary N) is 1. The standard InChI is InChI=1S/C14H12F2N2O2/c15-14(16)11-3-1-10(2-4-11)9-17-12-5-7-13(8-6-12)18(19)20/h1-8,14,17H,9H2. The summed E-state index contributed by atoms with van der Waals surface area (Å²) in [6, 6.07) is 12.0. The van der Waals surface area contributed by atoms with Gasteiger partial charge in [-0.2, -0.15) is 0 Å². The molecule has 4 nitrogen and oxygen atoms in total. The zero-order valence-electron chi connectivity index (χ0n) is 10.4. The Morgan fingerprint density at radius 1 is 1.05 bits per heavy atom. The molecule has 0 bridgehead atoms. The molecule has 0 aliphatic carbocycles. The van der Waals surface area contributed by atoms with Crippen molar-refractivity contribution in [3.8, 4) is 0 Å². The first-order valence-electron chi connectivity index (χ1n) is 5.91. The van der Waals surface area contributed by atoms with E-state index in [1.807, 2.05) is 0 Å². The minimum atomic E-state index is -2.47. The third-order valence-corrected chi connectivity index (χ3v) is 2.81. The minimum Gasteiger partial charge on any atom is -0.381 e. The molecule has 0 aliphatic rings. The molecule has 2 rings (SSSR count). The number of halogens is 2. The fraction of sp³-hybridized carbons (Fsp3) is 0.143. The van der Waals surface area contributed by atoms with Crippen LogP contribution in [0.15, 0.2) is 48.5 Å². The summed E-state index contributed by atoms with van der Waals surface area (Å²) in [5.41, 5.74) is 1.60. The normalized spacial score (nSPS) is 10.6. The highest BCUT2D eigenvalue weighted by Gasteiger charge is 2.06. The second kappa shape index (κ2) is 6.10. The number of rotatable bonds is 5. The van der Waals surface area contributed by atoms with E-state index in [2.05, 4.69) is 5.32 Å². The summed E-state index contributed by atoms with van der Waals surface area (Å²) in [4.78, 5) is 10.0. The van der Waals surface area contributed by atoms with E-state index in [1.165, 1.54) is 24.3 Å². The Bertz CT molecular complexity index is 583. The minimum absolute atomic E-state index is 0.0101. The van der Waals surface area contributed by atoms with Crippen molar-refractivity contribution in [1.82, 2.24) is 0 Å². The van der Waals surface area contributed by atoms with Crippen molar-refractivity contribution in [3.05, 3.63) is 69.8 Å². The Hall–Kier alpha value is -2.50. The molecule has 1 N–H and O–H groups in total. The molecule has 0 aliphatic heterocycles. The number of non-ortho nitro benzene ring substituents is 1. The number of hydrogen-bond acceptors (Lipinski definition) is 3. The Kier molecular flexibility index (Phi) is 4.24. The molecule has 2 aromatic rings. The fourth-order valence-corrected chi connectivity index (χ4v) is 1.69. The van der Waals surface area contributed by atoms with Crippen molar-refractivity contribution in [1.29, 1.82) is 0 Å². The Labute approximate surface area is 114 Å². The maximum absolute atomic E-state index is 12.4. The summed E-state index contributed by atoms with van der Waals surface area (Å²) in [5.74, 6) is 0. The van der Waals surface area contributed by atoms with Crippen LogP contribution in [0, 0.1) is 10.1 Å². The molecule has 104 valence electrons. The van der Waals surface area contributed by atoms with Crippen LogP contribution in [0.1, 0.15) is 17.6 Å². The predicted octanol–water partition coefficient (Wildman–Crippen LogP) is 4.14. The van der Waals surface area contributed by atoms with Crippen LogP contribution in [-0.4, -0.2) is 4.92 Å². The maximum Gasteiger partial charge on any atom is 0.269 e. The highest BCUT2D eigenvalue weighted by atomic mass is 19.3. The maximum atomic E-state index is 12.4. The molecule has 2 aromatic carbocycles. The van der Waals surface area contributed by atoms with E-state index in [0.717, 1.165) is 11.3 Å². The van der Waals surface area contributed by atoms with Gasteiger partial charge < -0.3 is 5.32 Å². The van der Waals surface area contributed by atoms with Crippen LogP contribution in [0.4, 0.5) is 20.2 Å². The van der Waals surface area contributed by atoms with Crippen molar-refractivity contribution in [2.75, 3.05) is 5.32 Å². The highest BCUT2D eigenvalue weighted by molar-refractivity contribution is 5.48. The summed E-state index contributed by atoms with van der Waals surface area (Å²) >= 11 is 0. The molecule has 20 heavy (non-hydrogen) atoms. The second-order valence-electron chi connectivity index (χ2n) is 4.20. The van der Waals surface area contributed by atoms with Gasteiger partial charge in [-0.05, 0) is 17.7 Å². The van der Waals surface area contributed by atoms with Gasteiger partial charge in [-0.25, -0.2) is 8.78 Å². The van der Waals surface area contributed by atoms with Crippen LogP contribution < -0.4 is 5.32 Å². The molecule has 6 heteroatoms. The van der Waals surface area contributed by atoms with E-state index >= 15 is 0 Å². The molecule has 0 fully saturated rings. The van der Waals surface area contributed by atoms with Gasteiger partial charge in [-0.15, -0.1) is 0 Å². The van der Waals surface area contributed by atoms with Gasteiger partial charge in [-0.1, -0.05) is 24.3 Å². The number of nitrogens with zero attached hydrogens (tertiary/aromatic N) is 1. The molecule has 0 saturated carbocycles. The van der Waals surface area contributed by atoms with Crippen LogP contribution in [0.5, 0.6) is 0 Å². The first-order chi connectivity index (χ1) is 9.56. The molecule has 0 unspecified atom stereocenters. The topological polar surface area (TPSA) is 55.2 Å². The SMILES string of the molecule is O=[N+]([O-])c1ccc(NCc2ccc(C(F)F)cc2)cc1. The van der Waals surface area contributed by atoms with Gasteiger partial charge in [0.15, 0.2) is 0 Å². The zero-order valence-corrected chi connectivity index (χ0v) is 10.4. The van der Waals surface area contributed by atoms with Crippen LogP contribution in [-0.2, 0) is 6.54 Å². The summed E-state index contributed by atoms with van der Waals surface area (Å²) < 4.78 is 24.8. The summed E-state index contributed by atoms with van der Waals surface area (Å²) in [7, 11) is 0. The average molecular weight is 278 g/mol. The molecule has 0 amide bonds.